The molecule has 0 spiro atoms. The molecule has 2 rings (SSSR count). The molecule has 3 N–H and O–H groups in total. The Bertz CT molecular complexity index is 474. The number of carbonyl (C=O) groups is 1. The first kappa shape index (κ1) is 14.7. The monoisotopic (exact) mass is 278 g/mol. The highest BCUT2D eigenvalue weighted by Gasteiger charge is 2.19. The van der Waals surface area contributed by atoms with Crippen LogP contribution in [0.1, 0.15) is 30.6 Å². The molecule has 1 heterocycles. The molecule has 20 heavy (non-hydrogen) atoms. The van der Waals surface area contributed by atoms with Crippen molar-refractivity contribution < 1.29 is 14.6 Å². The van der Waals surface area contributed by atoms with Gasteiger partial charge >= 0.3 is 0 Å². The van der Waals surface area contributed by atoms with Gasteiger partial charge in [0.15, 0.2) is 5.75 Å². The van der Waals surface area contributed by atoms with E-state index < -0.39 is 6.10 Å². The van der Waals surface area contributed by atoms with Crippen LogP contribution in [0, 0.1) is 5.92 Å². The predicted molar refractivity (Wildman–Crippen MR) is 78.2 cm³/mol. The summed E-state index contributed by atoms with van der Waals surface area (Å²) in [7, 11) is 0. The van der Waals surface area contributed by atoms with Gasteiger partial charge in [-0.2, -0.15) is 0 Å². The summed E-state index contributed by atoms with van der Waals surface area (Å²) >= 11 is 0. The molecule has 0 aromatic heterocycles. The average molecular weight is 278 g/mol. The van der Waals surface area contributed by atoms with Crippen LogP contribution in [0.2, 0.25) is 0 Å². The summed E-state index contributed by atoms with van der Waals surface area (Å²) in [6.45, 7) is 5.63. The molecule has 0 aliphatic carbocycles. The van der Waals surface area contributed by atoms with Gasteiger partial charge < -0.3 is 20.5 Å². The number of rotatable bonds is 5. The highest BCUT2D eigenvalue weighted by molar-refractivity contribution is 5.99. The fourth-order valence-electron chi connectivity index (χ4n) is 2.28. The SMILES string of the molecule is CC(C)CC(O)CNC(=O)c1cccc2c1OCCN2. The lowest BCUT2D eigenvalue weighted by molar-refractivity contribution is 0.0896. The van der Waals surface area contributed by atoms with Gasteiger partial charge in [-0.25, -0.2) is 0 Å². The highest BCUT2D eigenvalue weighted by atomic mass is 16.5. The van der Waals surface area contributed by atoms with Gasteiger partial charge in [0.05, 0.1) is 17.4 Å². The summed E-state index contributed by atoms with van der Waals surface area (Å²) in [6.07, 6.45) is 0.156. The maximum Gasteiger partial charge on any atom is 0.255 e. The Morgan fingerprint density at radius 2 is 2.30 bits per heavy atom. The van der Waals surface area contributed by atoms with E-state index in [1.165, 1.54) is 0 Å². The molecule has 0 saturated heterocycles. The van der Waals surface area contributed by atoms with Crippen molar-refractivity contribution in [2.75, 3.05) is 25.0 Å². The highest BCUT2D eigenvalue weighted by Crippen LogP contribution is 2.30. The van der Waals surface area contributed by atoms with Crippen molar-refractivity contribution in [3.8, 4) is 5.75 Å². The van der Waals surface area contributed by atoms with E-state index in [1.54, 1.807) is 6.07 Å². The number of hydrogen-bond donors (Lipinski definition) is 3. The lowest BCUT2D eigenvalue weighted by Crippen LogP contribution is -2.33. The number of aliphatic hydroxyl groups excluding tert-OH is 1. The van der Waals surface area contributed by atoms with E-state index in [4.69, 9.17) is 4.74 Å². The third kappa shape index (κ3) is 3.63. The fraction of sp³-hybridized carbons (Fsp3) is 0.533. The first-order chi connectivity index (χ1) is 9.58. The van der Waals surface area contributed by atoms with Crippen molar-refractivity contribution in [1.82, 2.24) is 5.32 Å². The molecule has 0 radical (unpaired) electrons. The van der Waals surface area contributed by atoms with Crippen LogP contribution < -0.4 is 15.4 Å². The molecule has 5 heteroatoms. The van der Waals surface area contributed by atoms with Crippen LogP contribution in [0.25, 0.3) is 0 Å². The minimum absolute atomic E-state index is 0.214. The van der Waals surface area contributed by atoms with Crippen LogP contribution in [0.3, 0.4) is 0 Å². The van der Waals surface area contributed by atoms with Crippen molar-refractivity contribution in [2.45, 2.75) is 26.4 Å². The number of carbonyl (C=O) groups excluding carboxylic acids is 1. The number of nitrogens with one attached hydrogen (secondary N) is 2. The number of ether oxygens (including phenoxy) is 1. The topological polar surface area (TPSA) is 70.6 Å². The van der Waals surface area contributed by atoms with E-state index in [1.807, 2.05) is 26.0 Å². The summed E-state index contributed by atoms with van der Waals surface area (Å²) in [6, 6.07) is 5.44. The molecule has 5 nitrogen and oxygen atoms in total. The van der Waals surface area contributed by atoms with Gasteiger partial charge in [0.25, 0.3) is 5.91 Å². The van der Waals surface area contributed by atoms with Crippen LogP contribution in [0.15, 0.2) is 18.2 Å². The second kappa shape index (κ2) is 6.61. The Balaban J connectivity index is 1.99. The van der Waals surface area contributed by atoms with E-state index in [9.17, 15) is 9.90 Å². The van der Waals surface area contributed by atoms with Crippen molar-refractivity contribution in [2.24, 2.45) is 5.92 Å². The number of fused-ring (bicyclic) bond motifs is 1. The number of aliphatic hydroxyl groups is 1. The second-order valence-corrected chi connectivity index (χ2v) is 5.45. The molecular formula is C15H22N2O3. The van der Waals surface area contributed by atoms with Gasteiger partial charge in [0.1, 0.15) is 6.61 Å². The first-order valence-corrected chi connectivity index (χ1v) is 7.04. The average Bonchev–Trinajstić information content (AvgIpc) is 2.43. The molecule has 1 aliphatic heterocycles. The molecule has 1 aliphatic rings. The maximum atomic E-state index is 12.2. The molecule has 1 aromatic carbocycles. The maximum absolute atomic E-state index is 12.2. The Labute approximate surface area is 119 Å². The zero-order valence-corrected chi connectivity index (χ0v) is 12.0. The standard InChI is InChI=1S/C15H22N2O3/c1-10(2)8-11(18)9-17-15(19)12-4-3-5-13-14(12)20-7-6-16-13/h3-5,10-11,16,18H,6-9H2,1-2H3,(H,17,19). The Kier molecular flexibility index (Phi) is 4.84. The fourth-order valence-corrected chi connectivity index (χ4v) is 2.28. The van der Waals surface area contributed by atoms with Crippen molar-refractivity contribution in [3.63, 3.8) is 0 Å². The summed E-state index contributed by atoms with van der Waals surface area (Å²) in [5, 5.41) is 15.7. The molecule has 0 fully saturated rings. The van der Waals surface area contributed by atoms with Gasteiger partial charge in [-0.05, 0) is 24.5 Å². The van der Waals surface area contributed by atoms with Crippen molar-refractivity contribution in [1.29, 1.82) is 0 Å². The molecule has 0 bridgehead atoms. The van der Waals surface area contributed by atoms with Gasteiger partial charge in [-0.3, -0.25) is 4.79 Å². The molecular weight excluding hydrogens is 256 g/mol. The number of benzene rings is 1. The van der Waals surface area contributed by atoms with E-state index in [-0.39, 0.29) is 12.5 Å². The van der Waals surface area contributed by atoms with Crippen LogP contribution in [0.5, 0.6) is 5.75 Å². The molecule has 0 saturated carbocycles. The van der Waals surface area contributed by atoms with E-state index in [2.05, 4.69) is 10.6 Å². The number of hydrogen-bond acceptors (Lipinski definition) is 4. The quantitative estimate of drug-likeness (QED) is 0.765. The number of anilines is 1. The van der Waals surface area contributed by atoms with Crippen LogP contribution >= 0.6 is 0 Å². The first-order valence-electron chi connectivity index (χ1n) is 7.04. The Morgan fingerprint density at radius 1 is 1.50 bits per heavy atom. The minimum atomic E-state index is -0.516. The molecule has 1 amide bonds. The molecule has 1 aromatic rings. The van der Waals surface area contributed by atoms with Crippen LogP contribution in [-0.2, 0) is 0 Å². The summed E-state index contributed by atoms with van der Waals surface area (Å²) in [5.41, 5.74) is 1.35. The normalized spacial score (nSPS) is 15.0. The van der Waals surface area contributed by atoms with Crippen LogP contribution in [0.4, 0.5) is 5.69 Å². The summed E-state index contributed by atoms with van der Waals surface area (Å²) < 4.78 is 5.56. The van der Waals surface area contributed by atoms with Crippen LogP contribution in [-0.4, -0.2) is 36.8 Å². The Morgan fingerprint density at radius 3 is 3.05 bits per heavy atom. The summed E-state index contributed by atoms with van der Waals surface area (Å²) in [5.74, 6) is 0.780. The van der Waals surface area contributed by atoms with E-state index in [0.717, 1.165) is 12.2 Å². The van der Waals surface area contributed by atoms with Crippen molar-refractivity contribution in [3.05, 3.63) is 23.8 Å². The van der Waals surface area contributed by atoms with Gasteiger partial charge in [0.2, 0.25) is 0 Å². The summed E-state index contributed by atoms with van der Waals surface area (Å²) in [4.78, 5) is 12.2. The van der Waals surface area contributed by atoms with Gasteiger partial charge in [-0.1, -0.05) is 19.9 Å². The lowest BCUT2D eigenvalue weighted by atomic mass is 10.1. The van der Waals surface area contributed by atoms with Gasteiger partial charge in [0, 0.05) is 13.1 Å². The minimum Gasteiger partial charge on any atom is -0.489 e. The third-order valence-electron chi connectivity index (χ3n) is 3.17. The largest absolute Gasteiger partial charge is 0.489 e. The third-order valence-corrected chi connectivity index (χ3v) is 3.17. The predicted octanol–water partition coefficient (Wildman–Crippen LogP) is 1.63. The van der Waals surface area contributed by atoms with E-state index >= 15 is 0 Å². The zero-order chi connectivity index (χ0) is 14.5. The van der Waals surface area contributed by atoms with Crippen molar-refractivity contribution >= 4 is 11.6 Å². The molecule has 110 valence electrons. The zero-order valence-electron chi connectivity index (χ0n) is 12.0. The smallest absolute Gasteiger partial charge is 0.255 e. The second-order valence-electron chi connectivity index (χ2n) is 5.45. The number of amides is 1. The lowest BCUT2D eigenvalue weighted by Gasteiger charge is -2.21. The molecule has 1 atom stereocenters. The number of para-hydroxylation sites is 1. The molecule has 1 unspecified atom stereocenters. The Hall–Kier alpha value is -1.75. The van der Waals surface area contributed by atoms with E-state index in [0.29, 0.717) is 30.3 Å². The van der Waals surface area contributed by atoms with Gasteiger partial charge in [-0.15, -0.1) is 0 Å².